The quantitative estimate of drug-likeness (QED) is 0.524. The predicted molar refractivity (Wildman–Crippen MR) is 82.5 cm³/mol. The molecule has 0 saturated heterocycles. The van der Waals surface area contributed by atoms with Crippen LogP contribution in [-0.2, 0) is 6.54 Å². The maximum absolute atomic E-state index is 10.7. The largest absolute Gasteiger partial charge is 0.381 e. The maximum Gasteiger partial charge on any atom is 0.270 e. The Bertz CT molecular complexity index is 693. The molecule has 0 aliphatic carbocycles. The van der Waals surface area contributed by atoms with E-state index < -0.39 is 4.92 Å². The summed E-state index contributed by atoms with van der Waals surface area (Å²) in [4.78, 5) is 10.2. The molecule has 0 bridgehead atoms. The van der Waals surface area contributed by atoms with E-state index in [0.717, 1.165) is 16.8 Å². The number of benzene rings is 2. The third-order valence-electron chi connectivity index (χ3n) is 2.76. The monoisotopic (exact) mass is 330 g/mol. The molecule has 0 fully saturated rings. The van der Waals surface area contributed by atoms with Crippen molar-refractivity contribution in [3.05, 3.63) is 68.2 Å². The zero-order chi connectivity index (χ0) is 14.5. The number of nitro benzene ring substituents is 1. The topological polar surface area (TPSA) is 55.2 Å². The Morgan fingerprint density at radius 2 is 2.10 bits per heavy atom. The zero-order valence-electron chi connectivity index (χ0n) is 10.5. The third kappa shape index (κ3) is 3.37. The fraction of sp³-hybridized carbons (Fsp3) is 0.0667. The summed E-state index contributed by atoms with van der Waals surface area (Å²) in [7, 11) is 0. The van der Waals surface area contributed by atoms with Crippen molar-refractivity contribution >= 4 is 27.3 Å². The Hall–Kier alpha value is -2.32. The SMILES string of the molecule is C#Cc1cccc(NCc2ccc([N+](=O)[O-])cc2Br)c1. The van der Waals surface area contributed by atoms with Crippen LogP contribution in [0.4, 0.5) is 11.4 Å². The average molecular weight is 331 g/mol. The van der Waals surface area contributed by atoms with Gasteiger partial charge in [-0.3, -0.25) is 10.1 Å². The number of rotatable bonds is 4. The van der Waals surface area contributed by atoms with Crippen LogP contribution in [0, 0.1) is 22.5 Å². The van der Waals surface area contributed by atoms with Crippen molar-refractivity contribution in [3.63, 3.8) is 0 Å². The average Bonchev–Trinajstić information content (AvgIpc) is 2.46. The van der Waals surface area contributed by atoms with Gasteiger partial charge in [0.25, 0.3) is 5.69 Å². The molecule has 2 aromatic rings. The minimum absolute atomic E-state index is 0.0648. The Morgan fingerprint density at radius 1 is 1.30 bits per heavy atom. The molecular formula is C15H11BrN2O2. The Morgan fingerprint density at radius 3 is 2.75 bits per heavy atom. The molecule has 0 atom stereocenters. The first-order valence-electron chi connectivity index (χ1n) is 5.83. The van der Waals surface area contributed by atoms with Crippen molar-refractivity contribution in [2.24, 2.45) is 0 Å². The van der Waals surface area contributed by atoms with Crippen LogP contribution < -0.4 is 5.32 Å². The third-order valence-corrected chi connectivity index (χ3v) is 3.50. The molecule has 0 aromatic heterocycles. The lowest BCUT2D eigenvalue weighted by Gasteiger charge is -2.08. The number of terminal acetylenes is 1. The molecule has 5 heteroatoms. The molecule has 2 rings (SSSR count). The van der Waals surface area contributed by atoms with Crippen LogP contribution in [0.3, 0.4) is 0 Å². The Labute approximate surface area is 125 Å². The minimum Gasteiger partial charge on any atom is -0.381 e. The number of hydrogen-bond donors (Lipinski definition) is 1. The van der Waals surface area contributed by atoms with Crippen molar-refractivity contribution < 1.29 is 4.92 Å². The zero-order valence-corrected chi connectivity index (χ0v) is 12.1. The lowest BCUT2D eigenvalue weighted by atomic mass is 10.2. The molecule has 100 valence electrons. The van der Waals surface area contributed by atoms with Crippen LogP contribution >= 0.6 is 15.9 Å². The van der Waals surface area contributed by atoms with Crippen LogP contribution in [0.2, 0.25) is 0 Å². The standard InChI is InChI=1S/C15H11BrN2O2/c1-2-11-4-3-5-13(8-11)17-10-12-6-7-14(18(19)20)9-15(12)16/h1,3-9,17H,10H2. The van der Waals surface area contributed by atoms with Crippen LogP contribution in [0.25, 0.3) is 0 Å². The number of nitrogens with one attached hydrogen (secondary N) is 1. The number of non-ortho nitro benzene ring substituents is 1. The molecule has 20 heavy (non-hydrogen) atoms. The molecule has 1 N–H and O–H groups in total. The lowest BCUT2D eigenvalue weighted by molar-refractivity contribution is -0.384. The molecule has 0 heterocycles. The summed E-state index contributed by atoms with van der Waals surface area (Å²) in [5.41, 5.74) is 2.71. The van der Waals surface area contributed by atoms with Gasteiger partial charge in [-0.15, -0.1) is 6.42 Å². The molecular weight excluding hydrogens is 320 g/mol. The summed E-state index contributed by atoms with van der Waals surface area (Å²) in [6.45, 7) is 0.548. The van der Waals surface area contributed by atoms with Gasteiger partial charge in [-0.2, -0.15) is 0 Å². The number of nitrogens with zero attached hydrogens (tertiary/aromatic N) is 1. The van der Waals surface area contributed by atoms with E-state index in [4.69, 9.17) is 6.42 Å². The van der Waals surface area contributed by atoms with Crippen LogP contribution in [0.5, 0.6) is 0 Å². The normalized spacial score (nSPS) is 9.80. The summed E-state index contributed by atoms with van der Waals surface area (Å²) < 4.78 is 0.701. The van der Waals surface area contributed by atoms with Crippen molar-refractivity contribution in [2.75, 3.05) is 5.32 Å². The van der Waals surface area contributed by atoms with Crippen molar-refractivity contribution in [3.8, 4) is 12.3 Å². The molecule has 0 radical (unpaired) electrons. The highest BCUT2D eigenvalue weighted by Crippen LogP contribution is 2.24. The fourth-order valence-electron chi connectivity index (χ4n) is 1.71. The van der Waals surface area contributed by atoms with E-state index in [-0.39, 0.29) is 5.69 Å². The van der Waals surface area contributed by atoms with Crippen molar-refractivity contribution in [2.45, 2.75) is 6.54 Å². The summed E-state index contributed by atoms with van der Waals surface area (Å²) in [6, 6.07) is 12.2. The van der Waals surface area contributed by atoms with Gasteiger partial charge in [-0.25, -0.2) is 0 Å². The number of hydrogen-bond acceptors (Lipinski definition) is 3. The van der Waals surface area contributed by atoms with E-state index in [1.165, 1.54) is 12.1 Å². The van der Waals surface area contributed by atoms with Gasteiger partial charge in [0, 0.05) is 34.4 Å². The number of halogens is 1. The van der Waals surface area contributed by atoms with Gasteiger partial charge in [0.15, 0.2) is 0 Å². The molecule has 0 unspecified atom stereocenters. The van der Waals surface area contributed by atoms with Crippen LogP contribution in [0.1, 0.15) is 11.1 Å². The second-order valence-corrected chi connectivity index (χ2v) is 4.97. The van der Waals surface area contributed by atoms with E-state index in [1.54, 1.807) is 6.07 Å². The van der Waals surface area contributed by atoms with Gasteiger partial charge in [0.05, 0.1) is 4.92 Å². The first-order chi connectivity index (χ1) is 9.60. The molecule has 0 aliphatic rings. The van der Waals surface area contributed by atoms with Gasteiger partial charge < -0.3 is 5.32 Å². The predicted octanol–water partition coefficient (Wildman–Crippen LogP) is 3.95. The van der Waals surface area contributed by atoms with E-state index in [1.807, 2.05) is 24.3 Å². The number of anilines is 1. The van der Waals surface area contributed by atoms with E-state index in [0.29, 0.717) is 11.0 Å². The maximum atomic E-state index is 10.7. The first kappa shape index (κ1) is 14.1. The smallest absolute Gasteiger partial charge is 0.270 e. The summed E-state index contributed by atoms with van der Waals surface area (Å²) in [5.74, 6) is 2.57. The molecule has 0 aliphatic heterocycles. The number of nitro groups is 1. The van der Waals surface area contributed by atoms with Gasteiger partial charge >= 0.3 is 0 Å². The summed E-state index contributed by atoms with van der Waals surface area (Å²) >= 11 is 3.34. The Kier molecular flexibility index (Phi) is 4.38. The van der Waals surface area contributed by atoms with Gasteiger partial charge in [0.2, 0.25) is 0 Å². The van der Waals surface area contributed by atoms with Gasteiger partial charge in [-0.1, -0.05) is 27.9 Å². The van der Waals surface area contributed by atoms with E-state index in [9.17, 15) is 10.1 Å². The highest BCUT2D eigenvalue weighted by molar-refractivity contribution is 9.10. The first-order valence-corrected chi connectivity index (χ1v) is 6.63. The Balaban J connectivity index is 2.11. The van der Waals surface area contributed by atoms with Crippen molar-refractivity contribution in [1.29, 1.82) is 0 Å². The van der Waals surface area contributed by atoms with Gasteiger partial charge in [-0.05, 0) is 29.8 Å². The van der Waals surface area contributed by atoms with E-state index >= 15 is 0 Å². The molecule has 0 spiro atoms. The van der Waals surface area contributed by atoms with Gasteiger partial charge in [0.1, 0.15) is 0 Å². The van der Waals surface area contributed by atoms with Crippen LogP contribution in [0.15, 0.2) is 46.9 Å². The summed E-state index contributed by atoms with van der Waals surface area (Å²) in [6.07, 6.45) is 5.35. The highest BCUT2D eigenvalue weighted by Gasteiger charge is 2.08. The second-order valence-electron chi connectivity index (χ2n) is 4.11. The highest BCUT2D eigenvalue weighted by atomic mass is 79.9. The molecule has 0 amide bonds. The second kappa shape index (κ2) is 6.22. The molecule has 0 saturated carbocycles. The molecule has 2 aromatic carbocycles. The lowest BCUT2D eigenvalue weighted by Crippen LogP contribution is -2.01. The summed E-state index contributed by atoms with van der Waals surface area (Å²) in [5, 5.41) is 13.9. The van der Waals surface area contributed by atoms with E-state index in [2.05, 4.69) is 27.2 Å². The molecule has 4 nitrogen and oxygen atoms in total. The van der Waals surface area contributed by atoms with Crippen molar-refractivity contribution in [1.82, 2.24) is 0 Å². The van der Waals surface area contributed by atoms with Crippen LogP contribution in [-0.4, -0.2) is 4.92 Å². The fourth-order valence-corrected chi connectivity index (χ4v) is 2.22. The minimum atomic E-state index is -0.418.